The van der Waals surface area contributed by atoms with Crippen LogP contribution in [0.3, 0.4) is 0 Å². The Balaban J connectivity index is 2.14. The minimum Gasteiger partial charge on any atom is -0.496 e. The summed E-state index contributed by atoms with van der Waals surface area (Å²) >= 11 is 0. The molecular weight excluding hydrogens is 272 g/mol. The summed E-state index contributed by atoms with van der Waals surface area (Å²) in [5.41, 5.74) is 0.714. The van der Waals surface area contributed by atoms with Gasteiger partial charge in [-0.3, -0.25) is 4.79 Å². The van der Waals surface area contributed by atoms with Crippen LogP contribution in [0.5, 0.6) is 5.75 Å². The molecule has 1 heterocycles. The maximum absolute atomic E-state index is 12.1. The number of hydrogen-bond acceptors (Lipinski definition) is 5. The Labute approximate surface area is 121 Å². The summed E-state index contributed by atoms with van der Waals surface area (Å²) in [7, 11) is 2.79. The molecule has 0 radical (unpaired) electrons. The zero-order chi connectivity index (χ0) is 15.2. The average Bonchev–Trinajstić information content (AvgIpc) is 2.54. The Hall–Kier alpha value is -2.89. The number of ether oxygens (including phenoxy) is 2. The Morgan fingerprint density at radius 2 is 1.86 bits per heavy atom. The third kappa shape index (κ3) is 3.36. The van der Waals surface area contributed by atoms with Crippen molar-refractivity contribution in [1.82, 2.24) is 4.98 Å². The first kappa shape index (κ1) is 14.5. The molecule has 6 heteroatoms. The van der Waals surface area contributed by atoms with Crippen molar-refractivity contribution < 1.29 is 19.1 Å². The molecule has 0 spiro atoms. The lowest BCUT2D eigenvalue weighted by Crippen LogP contribution is -2.14. The lowest BCUT2D eigenvalue weighted by molar-refractivity contribution is 0.0600. The van der Waals surface area contributed by atoms with E-state index in [1.54, 1.807) is 24.3 Å². The van der Waals surface area contributed by atoms with Crippen LogP contribution in [-0.4, -0.2) is 31.1 Å². The normalized spacial score (nSPS) is 9.81. The van der Waals surface area contributed by atoms with Gasteiger partial charge in [0.25, 0.3) is 5.91 Å². The number of nitrogens with one attached hydrogen (secondary N) is 1. The quantitative estimate of drug-likeness (QED) is 0.871. The molecule has 0 fully saturated rings. The minimum absolute atomic E-state index is 0.313. The number of benzene rings is 1. The van der Waals surface area contributed by atoms with Gasteiger partial charge in [-0.1, -0.05) is 12.1 Å². The Morgan fingerprint density at radius 1 is 1.10 bits per heavy atom. The third-order valence-corrected chi connectivity index (χ3v) is 2.78. The van der Waals surface area contributed by atoms with Crippen LogP contribution in [0.25, 0.3) is 0 Å². The van der Waals surface area contributed by atoms with E-state index in [-0.39, 0.29) is 5.91 Å². The molecular formula is C15H14N2O4. The molecule has 2 rings (SSSR count). The fourth-order valence-electron chi connectivity index (χ4n) is 1.72. The van der Waals surface area contributed by atoms with E-state index in [1.165, 1.54) is 32.5 Å². The summed E-state index contributed by atoms with van der Waals surface area (Å²) < 4.78 is 9.70. The molecule has 6 nitrogen and oxygen atoms in total. The van der Waals surface area contributed by atoms with Crippen molar-refractivity contribution in [2.75, 3.05) is 19.5 Å². The highest BCUT2D eigenvalue weighted by Gasteiger charge is 2.12. The van der Waals surface area contributed by atoms with Crippen molar-refractivity contribution in [3.05, 3.63) is 53.7 Å². The summed E-state index contributed by atoms with van der Waals surface area (Å²) in [4.78, 5) is 27.4. The maximum Gasteiger partial charge on any atom is 0.339 e. The van der Waals surface area contributed by atoms with Crippen molar-refractivity contribution in [2.24, 2.45) is 0 Å². The van der Waals surface area contributed by atoms with Gasteiger partial charge in [-0.15, -0.1) is 0 Å². The number of aromatic nitrogens is 1. The van der Waals surface area contributed by atoms with E-state index in [0.717, 1.165) is 0 Å². The van der Waals surface area contributed by atoms with Crippen molar-refractivity contribution in [3.8, 4) is 5.75 Å². The summed E-state index contributed by atoms with van der Waals surface area (Å²) in [5, 5.41) is 2.63. The van der Waals surface area contributed by atoms with Crippen LogP contribution in [0.1, 0.15) is 20.7 Å². The number of methoxy groups -OCH3 is 2. The van der Waals surface area contributed by atoms with Gasteiger partial charge in [-0.2, -0.15) is 0 Å². The molecule has 1 aromatic carbocycles. The molecule has 1 aromatic heterocycles. The molecule has 0 saturated carbocycles. The van der Waals surface area contributed by atoms with Gasteiger partial charge in [0, 0.05) is 6.20 Å². The monoisotopic (exact) mass is 286 g/mol. The summed E-state index contributed by atoms with van der Waals surface area (Å²) in [6, 6.07) is 9.92. The molecule has 0 atom stereocenters. The maximum atomic E-state index is 12.1. The van der Waals surface area contributed by atoms with E-state index < -0.39 is 5.97 Å². The molecule has 0 saturated heterocycles. The molecule has 1 N–H and O–H groups in total. The molecule has 0 aliphatic carbocycles. The van der Waals surface area contributed by atoms with E-state index in [4.69, 9.17) is 4.74 Å². The van der Waals surface area contributed by atoms with E-state index in [2.05, 4.69) is 15.0 Å². The smallest absolute Gasteiger partial charge is 0.339 e. The van der Waals surface area contributed by atoms with Gasteiger partial charge in [0.2, 0.25) is 0 Å². The lowest BCUT2D eigenvalue weighted by atomic mass is 10.2. The number of anilines is 1. The molecule has 0 aliphatic rings. The minimum atomic E-state index is -0.481. The van der Waals surface area contributed by atoms with Gasteiger partial charge < -0.3 is 14.8 Å². The largest absolute Gasteiger partial charge is 0.496 e. The second-order valence-electron chi connectivity index (χ2n) is 4.08. The number of nitrogens with zero attached hydrogens (tertiary/aromatic N) is 1. The lowest BCUT2D eigenvalue weighted by Gasteiger charge is -2.08. The highest BCUT2D eigenvalue weighted by molar-refractivity contribution is 6.05. The molecule has 21 heavy (non-hydrogen) atoms. The number of hydrogen-bond donors (Lipinski definition) is 1. The zero-order valence-corrected chi connectivity index (χ0v) is 11.6. The van der Waals surface area contributed by atoms with Gasteiger partial charge >= 0.3 is 5.97 Å². The Kier molecular flexibility index (Phi) is 4.50. The first-order valence-corrected chi connectivity index (χ1v) is 6.14. The van der Waals surface area contributed by atoms with E-state index >= 15 is 0 Å². The fraction of sp³-hybridized carbons (Fsp3) is 0.133. The molecule has 0 bridgehead atoms. The van der Waals surface area contributed by atoms with Crippen LogP contribution in [-0.2, 0) is 4.74 Å². The van der Waals surface area contributed by atoms with Crippen LogP contribution >= 0.6 is 0 Å². The molecule has 1 amide bonds. The van der Waals surface area contributed by atoms with Gasteiger partial charge in [0.1, 0.15) is 11.6 Å². The van der Waals surface area contributed by atoms with Crippen molar-refractivity contribution in [3.63, 3.8) is 0 Å². The fourth-order valence-corrected chi connectivity index (χ4v) is 1.72. The second-order valence-corrected chi connectivity index (χ2v) is 4.08. The first-order chi connectivity index (χ1) is 10.2. The van der Waals surface area contributed by atoms with E-state index in [0.29, 0.717) is 22.7 Å². The van der Waals surface area contributed by atoms with Crippen LogP contribution in [0.4, 0.5) is 5.82 Å². The van der Waals surface area contributed by atoms with Crippen LogP contribution in [0, 0.1) is 0 Å². The predicted molar refractivity (Wildman–Crippen MR) is 76.5 cm³/mol. The van der Waals surface area contributed by atoms with Crippen molar-refractivity contribution in [2.45, 2.75) is 0 Å². The van der Waals surface area contributed by atoms with Crippen LogP contribution < -0.4 is 10.1 Å². The summed E-state index contributed by atoms with van der Waals surface area (Å²) in [6.45, 7) is 0. The topological polar surface area (TPSA) is 77.5 Å². The van der Waals surface area contributed by atoms with Gasteiger partial charge in [-0.25, -0.2) is 9.78 Å². The molecule has 0 unspecified atom stereocenters. The summed E-state index contributed by atoms with van der Waals surface area (Å²) in [5.74, 6) is -0.0180. The van der Waals surface area contributed by atoms with Crippen LogP contribution in [0.2, 0.25) is 0 Å². The highest BCUT2D eigenvalue weighted by atomic mass is 16.5. The number of pyridine rings is 1. The predicted octanol–water partition coefficient (Wildman–Crippen LogP) is 2.13. The van der Waals surface area contributed by atoms with Crippen molar-refractivity contribution in [1.29, 1.82) is 0 Å². The van der Waals surface area contributed by atoms with E-state index in [9.17, 15) is 9.59 Å². The number of rotatable bonds is 4. The molecule has 0 aliphatic heterocycles. The van der Waals surface area contributed by atoms with E-state index in [1.807, 2.05) is 0 Å². The Morgan fingerprint density at radius 3 is 2.48 bits per heavy atom. The average molecular weight is 286 g/mol. The van der Waals surface area contributed by atoms with Gasteiger partial charge in [0.05, 0.1) is 25.3 Å². The standard InChI is InChI=1S/C15H14N2O4/c1-20-12-6-4-3-5-11(12)14(18)17-13-8-7-10(9-16-13)15(19)21-2/h3-9H,1-2H3,(H,16,17,18). The number of para-hydroxylation sites is 1. The number of carbonyl (C=O) groups excluding carboxylic acids is 2. The highest BCUT2D eigenvalue weighted by Crippen LogP contribution is 2.18. The van der Waals surface area contributed by atoms with Gasteiger partial charge in [0.15, 0.2) is 0 Å². The third-order valence-electron chi connectivity index (χ3n) is 2.78. The van der Waals surface area contributed by atoms with Gasteiger partial charge in [-0.05, 0) is 24.3 Å². The number of carbonyl (C=O) groups is 2. The number of esters is 1. The van der Waals surface area contributed by atoms with Crippen molar-refractivity contribution >= 4 is 17.7 Å². The molecule has 108 valence electrons. The number of amides is 1. The SMILES string of the molecule is COC(=O)c1ccc(NC(=O)c2ccccc2OC)nc1. The summed E-state index contributed by atoms with van der Waals surface area (Å²) in [6.07, 6.45) is 1.34. The Bertz CT molecular complexity index is 653. The molecule has 2 aromatic rings. The van der Waals surface area contributed by atoms with Crippen LogP contribution in [0.15, 0.2) is 42.6 Å². The zero-order valence-electron chi connectivity index (χ0n) is 11.6. The first-order valence-electron chi connectivity index (χ1n) is 6.14. The second kappa shape index (κ2) is 6.51.